The highest BCUT2D eigenvalue weighted by atomic mass is 35.5. The maximum atomic E-state index is 5.60. The highest BCUT2D eigenvalue weighted by molar-refractivity contribution is 6.17. The van der Waals surface area contributed by atoms with E-state index in [-0.39, 0.29) is 0 Å². The molecule has 0 aliphatic carbocycles. The summed E-state index contributed by atoms with van der Waals surface area (Å²) in [4.78, 5) is 0. The van der Waals surface area contributed by atoms with Gasteiger partial charge in [-0.3, -0.25) is 0 Å². The van der Waals surface area contributed by atoms with Crippen molar-refractivity contribution in [2.24, 2.45) is 0 Å². The second-order valence-corrected chi connectivity index (χ2v) is 3.12. The Morgan fingerprint density at radius 3 is 2.92 bits per heavy atom. The van der Waals surface area contributed by atoms with Gasteiger partial charge in [0.05, 0.1) is 0 Å². The SMILES string of the molecule is C=Cc1cccc(CCCCl)c1. The molecule has 64 valence electrons. The molecule has 0 bridgehead atoms. The summed E-state index contributed by atoms with van der Waals surface area (Å²) in [7, 11) is 0. The summed E-state index contributed by atoms with van der Waals surface area (Å²) in [5, 5.41) is 0. The van der Waals surface area contributed by atoms with Gasteiger partial charge in [-0.25, -0.2) is 0 Å². The van der Waals surface area contributed by atoms with Crippen molar-refractivity contribution in [1.82, 2.24) is 0 Å². The number of hydrogen-bond acceptors (Lipinski definition) is 0. The zero-order chi connectivity index (χ0) is 8.81. The van der Waals surface area contributed by atoms with Crippen LogP contribution in [-0.2, 0) is 6.42 Å². The molecule has 0 spiro atoms. The third kappa shape index (κ3) is 2.71. The van der Waals surface area contributed by atoms with Gasteiger partial charge >= 0.3 is 0 Å². The Hall–Kier alpha value is -0.750. The minimum Gasteiger partial charge on any atom is -0.127 e. The molecule has 0 amide bonds. The first-order valence-corrected chi connectivity index (χ1v) is 4.67. The fourth-order valence-electron chi connectivity index (χ4n) is 1.15. The fourth-order valence-corrected chi connectivity index (χ4v) is 1.28. The minimum absolute atomic E-state index is 0.734. The maximum absolute atomic E-state index is 5.60. The van der Waals surface area contributed by atoms with E-state index in [0.717, 1.165) is 18.7 Å². The van der Waals surface area contributed by atoms with Crippen molar-refractivity contribution in [1.29, 1.82) is 0 Å². The van der Waals surface area contributed by atoms with Gasteiger partial charge in [-0.15, -0.1) is 11.6 Å². The summed E-state index contributed by atoms with van der Waals surface area (Å²) >= 11 is 5.60. The predicted octanol–water partition coefficient (Wildman–Crippen LogP) is 3.50. The third-order valence-electron chi connectivity index (χ3n) is 1.79. The van der Waals surface area contributed by atoms with Crippen LogP contribution in [0.25, 0.3) is 6.08 Å². The molecular weight excluding hydrogens is 168 g/mol. The number of hydrogen-bond donors (Lipinski definition) is 0. The van der Waals surface area contributed by atoms with E-state index in [1.165, 1.54) is 11.1 Å². The molecule has 12 heavy (non-hydrogen) atoms. The van der Waals surface area contributed by atoms with Crippen LogP contribution < -0.4 is 0 Å². The first kappa shape index (κ1) is 9.34. The summed E-state index contributed by atoms with van der Waals surface area (Å²) < 4.78 is 0. The first-order valence-electron chi connectivity index (χ1n) is 4.14. The Morgan fingerprint density at radius 2 is 2.25 bits per heavy atom. The van der Waals surface area contributed by atoms with Crippen molar-refractivity contribution in [3.05, 3.63) is 42.0 Å². The largest absolute Gasteiger partial charge is 0.127 e. The predicted molar refractivity (Wildman–Crippen MR) is 55.6 cm³/mol. The van der Waals surface area contributed by atoms with Gasteiger partial charge in [0.25, 0.3) is 0 Å². The Labute approximate surface area is 78.9 Å². The zero-order valence-corrected chi connectivity index (χ0v) is 7.85. The second-order valence-electron chi connectivity index (χ2n) is 2.74. The normalized spacial score (nSPS) is 9.75. The lowest BCUT2D eigenvalue weighted by Gasteiger charge is -1.99. The van der Waals surface area contributed by atoms with Crippen LogP contribution in [0.5, 0.6) is 0 Å². The lowest BCUT2D eigenvalue weighted by molar-refractivity contribution is 0.928. The Bertz CT molecular complexity index is 253. The molecule has 0 aliphatic rings. The van der Waals surface area contributed by atoms with E-state index < -0.39 is 0 Å². The quantitative estimate of drug-likeness (QED) is 0.623. The molecule has 0 N–H and O–H groups in total. The van der Waals surface area contributed by atoms with Crippen LogP contribution in [-0.4, -0.2) is 5.88 Å². The molecule has 0 unspecified atom stereocenters. The van der Waals surface area contributed by atoms with Crippen molar-refractivity contribution in [3.8, 4) is 0 Å². The van der Waals surface area contributed by atoms with Crippen LogP contribution in [0.1, 0.15) is 17.5 Å². The maximum Gasteiger partial charge on any atom is 0.0226 e. The van der Waals surface area contributed by atoms with E-state index in [1.807, 2.05) is 6.08 Å². The Kier molecular flexibility index (Phi) is 3.89. The van der Waals surface area contributed by atoms with Crippen molar-refractivity contribution in [3.63, 3.8) is 0 Å². The molecule has 1 rings (SSSR count). The smallest absolute Gasteiger partial charge is 0.0226 e. The van der Waals surface area contributed by atoms with Crippen LogP contribution in [0, 0.1) is 0 Å². The molecule has 0 aromatic heterocycles. The van der Waals surface area contributed by atoms with E-state index in [0.29, 0.717) is 0 Å². The molecule has 0 atom stereocenters. The lowest BCUT2D eigenvalue weighted by atomic mass is 10.1. The average Bonchev–Trinajstić information content (AvgIpc) is 2.15. The fraction of sp³-hybridized carbons (Fsp3) is 0.273. The molecule has 0 radical (unpaired) electrons. The average molecular weight is 181 g/mol. The summed E-state index contributed by atoms with van der Waals surface area (Å²) in [6.45, 7) is 3.73. The van der Waals surface area contributed by atoms with Gasteiger partial charge < -0.3 is 0 Å². The molecule has 0 heterocycles. The summed E-state index contributed by atoms with van der Waals surface area (Å²) in [5.41, 5.74) is 2.52. The molecule has 0 saturated heterocycles. The van der Waals surface area contributed by atoms with Gasteiger partial charge in [-0.1, -0.05) is 36.9 Å². The molecule has 0 saturated carbocycles. The van der Waals surface area contributed by atoms with Gasteiger partial charge in [0.2, 0.25) is 0 Å². The number of aryl methyl sites for hydroxylation is 1. The van der Waals surface area contributed by atoms with Crippen LogP contribution in [0.2, 0.25) is 0 Å². The van der Waals surface area contributed by atoms with Gasteiger partial charge in [-0.05, 0) is 24.0 Å². The first-order chi connectivity index (χ1) is 5.86. The lowest BCUT2D eigenvalue weighted by Crippen LogP contribution is -1.86. The van der Waals surface area contributed by atoms with Gasteiger partial charge in [0, 0.05) is 5.88 Å². The number of rotatable bonds is 4. The van der Waals surface area contributed by atoms with E-state index in [1.54, 1.807) is 0 Å². The summed E-state index contributed by atoms with van der Waals surface area (Å²) in [5.74, 6) is 0.734. The highest BCUT2D eigenvalue weighted by Crippen LogP contribution is 2.08. The molecule has 0 nitrogen and oxygen atoms in total. The summed E-state index contributed by atoms with van der Waals surface area (Å²) in [6.07, 6.45) is 3.97. The number of alkyl halides is 1. The standard InChI is InChI=1S/C11H13Cl/c1-2-10-5-3-6-11(9-10)7-4-8-12/h2-3,5-6,9H,1,4,7-8H2. The minimum atomic E-state index is 0.734. The van der Waals surface area contributed by atoms with Gasteiger partial charge in [-0.2, -0.15) is 0 Å². The zero-order valence-electron chi connectivity index (χ0n) is 7.09. The number of halogens is 1. The monoisotopic (exact) mass is 180 g/mol. The van der Waals surface area contributed by atoms with Crippen molar-refractivity contribution in [2.75, 3.05) is 5.88 Å². The molecular formula is C11H13Cl. The molecule has 1 aromatic rings. The van der Waals surface area contributed by atoms with Crippen LogP contribution in [0.4, 0.5) is 0 Å². The van der Waals surface area contributed by atoms with Crippen molar-refractivity contribution in [2.45, 2.75) is 12.8 Å². The van der Waals surface area contributed by atoms with E-state index in [4.69, 9.17) is 11.6 Å². The van der Waals surface area contributed by atoms with Crippen LogP contribution >= 0.6 is 11.6 Å². The molecule has 1 heteroatoms. The van der Waals surface area contributed by atoms with Crippen molar-refractivity contribution >= 4 is 17.7 Å². The van der Waals surface area contributed by atoms with E-state index in [9.17, 15) is 0 Å². The van der Waals surface area contributed by atoms with E-state index >= 15 is 0 Å². The van der Waals surface area contributed by atoms with Gasteiger partial charge in [0.15, 0.2) is 0 Å². The highest BCUT2D eigenvalue weighted by Gasteiger charge is 1.92. The van der Waals surface area contributed by atoms with Crippen molar-refractivity contribution < 1.29 is 0 Å². The molecule has 0 fully saturated rings. The summed E-state index contributed by atoms with van der Waals surface area (Å²) in [6, 6.07) is 8.39. The van der Waals surface area contributed by atoms with Crippen LogP contribution in [0.3, 0.4) is 0 Å². The third-order valence-corrected chi connectivity index (χ3v) is 2.05. The van der Waals surface area contributed by atoms with Crippen LogP contribution in [0.15, 0.2) is 30.8 Å². The Balaban J connectivity index is 2.66. The topological polar surface area (TPSA) is 0 Å². The van der Waals surface area contributed by atoms with E-state index in [2.05, 4.69) is 30.8 Å². The second kappa shape index (κ2) is 5.00. The number of benzene rings is 1. The molecule has 0 aliphatic heterocycles. The Morgan fingerprint density at radius 1 is 1.42 bits per heavy atom. The van der Waals surface area contributed by atoms with Gasteiger partial charge in [0.1, 0.15) is 0 Å². The molecule has 1 aromatic carbocycles.